The lowest BCUT2D eigenvalue weighted by Gasteiger charge is -2.34. The predicted molar refractivity (Wildman–Crippen MR) is 121 cm³/mol. The molecule has 0 aliphatic carbocycles. The summed E-state index contributed by atoms with van der Waals surface area (Å²) in [4.78, 5) is 12.7. The fourth-order valence-corrected chi connectivity index (χ4v) is 5.76. The number of para-hydroxylation sites is 1. The number of carbonyl (C=O) groups excluding carboxylic acids is 1. The monoisotopic (exact) mass is 481 g/mol. The quantitative estimate of drug-likeness (QED) is 0.622. The maximum Gasteiger partial charge on any atom is 0.251 e. The Morgan fingerprint density at radius 1 is 1.03 bits per heavy atom. The van der Waals surface area contributed by atoms with Crippen molar-refractivity contribution < 1.29 is 26.4 Å². The smallest absolute Gasteiger partial charge is 0.251 e. The SMILES string of the molecule is CC1CN(S(=O)(=O)c2cccc(C(=O)NCc3ccccc3NS(C)(=O)=O)c2)CC(C)O1. The number of sulfonamides is 2. The van der Waals surface area contributed by atoms with Crippen LogP contribution in [0.5, 0.6) is 0 Å². The molecule has 2 unspecified atom stereocenters. The number of hydrogen-bond donors (Lipinski definition) is 2. The minimum atomic E-state index is -3.78. The Morgan fingerprint density at radius 3 is 2.34 bits per heavy atom. The average molecular weight is 482 g/mol. The van der Waals surface area contributed by atoms with Gasteiger partial charge >= 0.3 is 0 Å². The van der Waals surface area contributed by atoms with Crippen LogP contribution in [0.25, 0.3) is 0 Å². The van der Waals surface area contributed by atoms with Gasteiger partial charge in [0.15, 0.2) is 0 Å². The molecule has 0 aromatic heterocycles. The summed E-state index contributed by atoms with van der Waals surface area (Å²) in [6.45, 7) is 4.19. The molecule has 2 aromatic rings. The number of nitrogens with one attached hydrogen (secondary N) is 2. The van der Waals surface area contributed by atoms with E-state index in [0.29, 0.717) is 11.3 Å². The topological polar surface area (TPSA) is 122 Å². The van der Waals surface area contributed by atoms with Crippen LogP contribution in [0.2, 0.25) is 0 Å². The number of ether oxygens (including phenoxy) is 1. The zero-order valence-corrected chi connectivity index (χ0v) is 19.7. The summed E-state index contributed by atoms with van der Waals surface area (Å²) in [5, 5.41) is 2.71. The molecular formula is C21H27N3O6S2. The fourth-order valence-electron chi connectivity index (χ4n) is 3.53. The van der Waals surface area contributed by atoms with E-state index in [-0.39, 0.29) is 42.3 Å². The lowest BCUT2D eigenvalue weighted by atomic mass is 10.1. The van der Waals surface area contributed by atoms with Gasteiger partial charge in [-0.1, -0.05) is 24.3 Å². The van der Waals surface area contributed by atoms with Crippen molar-refractivity contribution in [3.05, 3.63) is 59.7 Å². The molecule has 2 atom stereocenters. The molecular weight excluding hydrogens is 454 g/mol. The summed E-state index contributed by atoms with van der Waals surface area (Å²) in [6.07, 6.45) is 0.603. The number of hydrogen-bond acceptors (Lipinski definition) is 6. The number of rotatable bonds is 7. The van der Waals surface area contributed by atoms with Crippen molar-refractivity contribution in [2.24, 2.45) is 0 Å². The van der Waals surface area contributed by atoms with Gasteiger partial charge in [0.2, 0.25) is 20.0 Å². The zero-order valence-electron chi connectivity index (χ0n) is 18.1. The summed E-state index contributed by atoms with van der Waals surface area (Å²) in [6, 6.07) is 12.6. The maximum atomic E-state index is 13.1. The van der Waals surface area contributed by atoms with Crippen molar-refractivity contribution in [2.75, 3.05) is 24.1 Å². The second kappa shape index (κ2) is 9.57. The average Bonchev–Trinajstić information content (AvgIpc) is 2.71. The molecule has 2 N–H and O–H groups in total. The van der Waals surface area contributed by atoms with E-state index < -0.39 is 26.0 Å². The number of amides is 1. The van der Waals surface area contributed by atoms with Crippen LogP contribution in [-0.4, -0.2) is 58.6 Å². The molecule has 174 valence electrons. The van der Waals surface area contributed by atoms with Gasteiger partial charge in [0, 0.05) is 25.2 Å². The largest absolute Gasteiger partial charge is 0.373 e. The summed E-state index contributed by atoms with van der Waals surface area (Å²) < 4.78 is 58.7. The standard InChI is InChI=1S/C21H27N3O6S2/c1-15-13-24(14-16(2)30-15)32(28,29)19-9-6-8-17(11-19)21(25)22-12-18-7-4-5-10-20(18)23-31(3,26)27/h4-11,15-16,23H,12-14H2,1-3H3,(H,22,25). The molecule has 32 heavy (non-hydrogen) atoms. The van der Waals surface area contributed by atoms with Crippen molar-refractivity contribution >= 4 is 31.6 Å². The Balaban J connectivity index is 1.75. The first-order chi connectivity index (χ1) is 15.0. The summed E-state index contributed by atoms with van der Waals surface area (Å²) in [5.74, 6) is -0.472. The molecule has 1 heterocycles. The summed E-state index contributed by atoms with van der Waals surface area (Å²) >= 11 is 0. The van der Waals surface area contributed by atoms with Crippen molar-refractivity contribution in [1.82, 2.24) is 9.62 Å². The fraction of sp³-hybridized carbons (Fsp3) is 0.381. The predicted octanol–water partition coefficient (Wildman–Crippen LogP) is 1.79. The number of benzene rings is 2. The van der Waals surface area contributed by atoms with Gasteiger partial charge in [-0.05, 0) is 43.7 Å². The molecule has 2 aromatic carbocycles. The van der Waals surface area contributed by atoms with E-state index in [1.807, 2.05) is 13.8 Å². The van der Waals surface area contributed by atoms with Gasteiger partial charge in [0.25, 0.3) is 5.91 Å². The first-order valence-electron chi connectivity index (χ1n) is 10.1. The molecule has 1 saturated heterocycles. The van der Waals surface area contributed by atoms with Crippen molar-refractivity contribution in [2.45, 2.75) is 37.5 Å². The Bertz CT molecular complexity index is 1190. The number of morpholine rings is 1. The van der Waals surface area contributed by atoms with Crippen LogP contribution >= 0.6 is 0 Å². The van der Waals surface area contributed by atoms with Crippen molar-refractivity contribution in [1.29, 1.82) is 0 Å². The zero-order chi connectivity index (χ0) is 23.5. The van der Waals surface area contributed by atoms with Crippen LogP contribution in [0.15, 0.2) is 53.4 Å². The molecule has 11 heteroatoms. The molecule has 1 aliphatic rings. The van der Waals surface area contributed by atoms with Crippen molar-refractivity contribution in [3.8, 4) is 0 Å². The van der Waals surface area contributed by atoms with Crippen LogP contribution in [0.1, 0.15) is 29.8 Å². The van der Waals surface area contributed by atoms with Gasteiger partial charge in [-0.25, -0.2) is 16.8 Å². The van der Waals surface area contributed by atoms with Crippen LogP contribution in [0.3, 0.4) is 0 Å². The molecule has 0 spiro atoms. The van der Waals surface area contributed by atoms with Crippen LogP contribution in [0, 0.1) is 0 Å². The lowest BCUT2D eigenvalue weighted by Crippen LogP contribution is -2.48. The van der Waals surface area contributed by atoms with Gasteiger partial charge in [0.05, 0.1) is 29.0 Å². The second-order valence-corrected chi connectivity index (χ2v) is 11.5. The Kier molecular flexibility index (Phi) is 7.23. The first kappa shape index (κ1) is 24.2. The maximum absolute atomic E-state index is 13.1. The van der Waals surface area contributed by atoms with E-state index in [4.69, 9.17) is 4.74 Å². The third-order valence-electron chi connectivity index (χ3n) is 4.87. The van der Waals surface area contributed by atoms with Gasteiger partial charge in [-0.2, -0.15) is 4.31 Å². The van der Waals surface area contributed by atoms with Gasteiger partial charge in [-0.15, -0.1) is 0 Å². The summed E-state index contributed by atoms with van der Waals surface area (Å²) in [5.41, 5.74) is 1.13. The highest BCUT2D eigenvalue weighted by atomic mass is 32.2. The van der Waals surface area contributed by atoms with E-state index in [1.54, 1.807) is 24.3 Å². The number of anilines is 1. The van der Waals surface area contributed by atoms with Crippen molar-refractivity contribution in [3.63, 3.8) is 0 Å². The molecule has 0 saturated carbocycles. The molecule has 0 bridgehead atoms. The van der Waals surface area contributed by atoms with E-state index in [9.17, 15) is 21.6 Å². The van der Waals surface area contributed by atoms with Gasteiger partial charge in [0.1, 0.15) is 0 Å². The van der Waals surface area contributed by atoms with E-state index in [1.165, 1.54) is 28.6 Å². The molecule has 1 amide bonds. The minimum Gasteiger partial charge on any atom is -0.373 e. The van der Waals surface area contributed by atoms with Crippen LogP contribution in [-0.2, 0) is 31.3 Å². The highest BCUT2D eigenvalue weighted by Gasteiger charge is 2.32. The molecule has 1 aliphatic heterocycles. The van der Waals surface area contributed by atoms with Gasteiger partial charge in [-0.3, -0.25) is 9.52 Å². The molecule has 0 radical (unpaired) electrons. The number of nitrogens with zero attached hydrogens (tertiary/aromatic N) is 1. The minimum absolute atomic E-state index is 0.0330. The Labute approximate surface area is 188 Å². The molecule has 3 rings (SSSR count). The molecule has 9 nitrogen and oxygen atoms in total. The molecule has 1 fully saturated rings. The van der Waals surface area contributed by atoms with E-state index in [2.05, 4.69) is 10.0 Å². The van der Waals surface area contributed by atoms with Crippen LogP contribution < -0.4 is 10.0 Å². The summed E-state index contributed by atoms with van der Waals surface area (Å²) in [7, 11) is -7.26. The lowest BCUT2D eigenvalue weighted by molar-refractivity contribution is -0.0440. The second-order valence-electron chi connectivity index (χ2n) is 7.82. The Hall–Kier alpha value is -2.47. The Morgan fingerprint density at radius 2 is 1.69 bits per heavy atom. The van der Waals surface area contributed by atoms with Crippen LogP contribution in [0.4, 0.5) is 5.69 Å². The van der Waals surface area contributed by atoms with E-state index >= 15 is 0 Å². The third-order valence-corrected chi connectivity index (χ3v) is 7.29. The third kappa shape index (κ3) is 6.06. The normalized spacial score (nSPS) is 20.0. The van der Waals surface area contributed by atoms with Gasteiger partial charge < -0.3 is 10.1 Å². The highest BCUT2D eigenvalue weighted by Crippen LogP contribution is 2.22. The first-order valence-corrected chi connectivity index (χ1v) is 13.4. The van der Waals surface area contributed by atoms with E-state index in [0.717, 1.165) is 6.26 Å². The number of carbonyl (C=O) groups is 1. The highest BCUT2D eigenvalue weighted by molar-refractivity contribution is 7.92.